The summed E-state index contributed by atoms with van der Waals surface area (Å²) in [4.78, 5) is 12.1. The van der Waals surface area contributed by atoms with Crippen LogP contribution in [0.4, 0.5) is 0 Å². The molecule has 1 N–H and O–H groups in total. The van der Waals surface area contributed by atoms with Crippen LogP contribution >= 0.6 is 34.8 Å². The Morgan fingerprint density at radius 1 is 1.21 bits per heavy atom. The molecule has 1 aromatic rings. The maximum atomic E-state index is 12.1. The van der Waals surface area contributed by atoms with Gasteiger partial charge in [0, 0.05) is 5.88 Å². The second kappa shape index (κ2) is 6.34. The van der Waals surface area contributed by atoms with Crippen molar-refractivity contribution in [1.82, 2.24) is 5.32 Å². The maximum absolute atomic E-state index is 12.1. The van der Waals surface area contributed by atoms with E-state index in [0.29, 0.717) is 22.3 Å². The minimum Gasteiger partial charge on any atom is -0.349 e. The Balaban J connectivity index is 1.99. The number of amides is 1. The molecular weight excluding hydrogens is 305 g/mol. The lowest BCUT2D eigenvalue weighted by molar-refractivity contribution is -0.122. The van der Waals surface area contributed by atoms with Crippen LogP contribution in [0.5, 0.6) is 0 Å². The van der Waals surface area contributed by atoms with Gasteiger partial charge in [-0.3, -0.25) is 4.79 Å². The van der Waals surface area contributed by atoms with E-state index in [-0.39, 0.29) is 11.4 Å². The average molecular weight is 321 g/mol. The lowest BCUT2D eigenvalue weighted by atomic mass is 9.99. The number of hydrogen-bond donors (Lipinski definition) is 1. The van der Waals surface area contributed by atoms with Crippen molar-refractivity contribution in [3.8, 4) is 0 Å². The van der Waals surface area contributed by atoms with Crippen LogP contribution in [0.25, 0.3) is 0 Å². The zero-order chi connectivity index (χ0) is 13.9. The molecule has 1 saturated carbocycles. The van der Waals surface area contributed by atoms with Gasteiger partial charge in [0.05, 0.1) is 22.0 Å². The van der Waals surface area contributed by atoms with E-state index in [2.05, 4.69) is 5.32 Å². The van der Waals surface area contributed by atoms with E-state index in [1.165, 1.54) is 0 Å². The second-order valence-corrected chi connectivity index (χ2v) is 6.18. The summed E-state index contributed by atoms with van der Waals surface area (Å²) >= 11 is 17.8. The first kappa shape index (κ1) is 15.0. The van der Waals surface area contributed by atoms with Gasteiger partial charge in [0.15, 0.2) is 0 Å². The van der Waals surface area contributed by atoms with Crippen molar-refractivity contribution in [1.29, 1.82) is 0 Å². The molecule has 2 rings (SSSR count). The third-order valence-electron chi connectivity index (χ3n) is 3.57. The minimum absolute atomic E-state index is 0.0130. The number of carbonyl (C=O) groups excluding carboxylic acids is 1. The number of benzene rings is 1. The molecule has 1 fully saturated rings. The van der Waals surface area contributed by atoms with Crippen molar-refractivity contribution in [2.75, 3.05) is 5.88 Å². The molecule has 1 amide bonds. The fourth-order valence-corrected chi connectivity index (χ4v) is 3.17. The number of carbonyl (C=O) groups is 1. The summed E-state index contributed by atoms with van der Waals surface area (Å²) in [6.45, 7) is 0. The summed E-state index contributed by atoms with van der Waals surface area (Å²) in [7, 11) is 0. The smallest absolute Gasteiger partial charge is 0.224 e. The van der Waals surface area contributed by atoms with Gasteiger partial charge in [-0.2, -0.15) is 0 Å². The van der Waals surface area contributed by atoms with Gasteiger partial charge >= 0.3 is 0 Å². The quantitative estimate of drug-likeness (QED) is 0.828. The van der Waals surface area contributed by atoms with E-state index in [0.717, 1.165) is 31.2 Å². The van der Waals surface area contributed by atoms with Crippen molar-refractivity contribution < 1.29 is 4.79 Å². The SMILES string of the molecule is O=C(Cc1ccc(Cl)c(Cl)c1)NC1(CCl)CCCC1. The highest BCUT2D eigenvalue weighted by Gasteiger charge is 2.34. The Labute approximate surface area is 128 Å². The van der Waals surface area contributed by atoms with E-state index in [9.17, 15) is 4.79 Å². The van der Waals surface area contributed by atoms with Crippen LogP contribution in [0.15, 0.2) is 18.2 Å². The maximum Gasteiger partial charge on any atom is 0.224 e. The first-order valence-electron chi connectivity index (χ1n) is 6.36. The van der Waals surface area contributed by atoms with Crippen molar-refractivity contribution in [3.05, 3.63) is 33.8 Å². The summed E-state index contributed by atoms with van der Waals surface area (Å²) in [5.74, 6) is 0.459. The number of hydrogen-bond acceptors (Lipinski definition) is 1. The monoisotopic (exact) mass is 319 g/mol. The van der Waals surface area contributed by atoms with Crippen molar-refractivity contribution in [2.24, 2.45) is 0 Å². The largest absolute Gasteiger partial charge is 0.349 e. The van der Waals surface area contributed by atoms with Crippen LogP contribution in [-0.4, -0.2) is 17.3 Å². The molecule has 0 unspecified atom stereocenters. The Morgan fingerprint density at radius 3 is 2.47 bits per heavy atom. The summed E-state index contributed by atoms with van der Waals surface area (Å²) in [6, 6.07) is 5.25. The van der Waals surface area contributed by atoms with Gasteiger partial charge in [0.1, 0.15) is 0 Å². The molecule has 104 valence electrons. The molecule has 0 radical (unpaired) electrons. The van der Waals surface area contributed by atoms with Crippen molar-refractivity contribution >= 4 is 40.7 Å². The summed E-state index contributed by atoms with van der Waals surface area (Å²) in [5.41, 5.74) is 0.643. The molecule has 0 spiro atoms. The van der Waals surface area contributed by atoms with Crippen LogP contribution in [0, 0.1) is 0 Å². The molecule has 0 aliphatic heterocycles. The highest BCUT2D eigenvalue weighted by atomic mass is 35.5. The molecule has 2 nitrogen and oxygen atoms in total. The molecule has 5 heteroatoms. The Morgan fingerprint density at radius 2 is 1.89 bits per heavy atom. The molecule has 1 aromatic carbocycles. The number of rotatable bonds is 4. The normalized spacial score (nSPS) is 17.4. The predicted molar refractivity (Wildman–Crippen MR) is 80.2 cm³/mol. The fraction of sp³-hybridized carbons (Fsp3) is 0.500. The first-order valence-corrected chi connectivity index (χ1v) is 7.65. The zero-order valence-electron chi connectivity index (χ0n) is 10.5. The molecular formula is C14H16Cl3NO. The summed E-state index contributed by atoms with van der Waals surface area (Å²) in [6.07, 6.45) is 4.47. The van der Waals surface area contributed by atoms with E-state index < -0.39 is 0 Å². The Bertz CT molecular complexity index is 470. The van der Waals surface area contributed by atoms with Crippen LogP contribution in [0.2, 0.25) is 10.0 Å². The van der Waals surface area contributed by atoms with E-state index in [4.69, 9.17) is 34.8 Å². The average Bonchev–Trinajstić information content (AvgIpc) is 2.83. The van der Waals surface area contributed by atoms with Crippen molar-refractivity contribution in [3.63, 3.8) is 0 Å². The highest BCUT2D eigenvalue weighted by molar-refractivity contribution is 6.42. The van der Waals surface area contributed by atoms with E-state index in [1.54, 1.807) is 12.1 Å². The second-order valence-electron chi connectivity index (χ2n) is 5.09. The molecule has 19 heavy (non-hydrogen) atoms. The number of halogens is 3. The number of nitrogens with one attached hydrogen (secondary N) is 1. The summed E-state index contributed by atoms with van der Waals surface area (Å²) in [5, 5.41) is 4.05. The Hall–Kier alpha value is -0.440. The molecule has 0 atom stereocenters. The van der Waals surface area contributed by atoms with Gasteiger partial charge in [0.25, 0.3) is 0 Å². The van der Waals surface area contributed by atoms with Crippen molar-refractivity contribution in [2.45, 2.75) is 37.6 Å². The van der Waals surface area contributed by atoms with E-state index in [1.807, 2.05) is 6.07 Å². The van der Waals surface area contributed by atoms with Gasteiger partial charge < -0.3 is 5.32 Å². The topological polar surface area (TPSA) is 29.1 Å². The fourth-order valence-electron chi connectivity index (χ4n) is 2.52. The highest BCUT2D eigenvalue weighted by Crippen LogP contribution is 2.31. The lowest BCUT2D eigenvalue weighted by Crippen LogP contribution is -2.48. The van der Waals surface area contributed by atoms with Crippen LogP contribution in [0.3, 0.4) is 0 Å². The van der Waals surface area contributed by atoms with Crippen LogP contribution < -0.4 is 5.32 Å². The van der Waals surface area contributed by atoms with Crippen LogP contribution in [0.1, 0.15) is 31.2 Å². The van der Waals surface area contributed by atoms with Gasteiger partial charge in [-0.05, 0) is 30.5 Å². The molecule has 0 aromatic heterocycles. The predicted octanol–water partition coefficient (Wildman–Crippen LogP) is 4.20. The molecule has 1 aliphatic rings. The minimum atomic E-state index is -0.213. The molecule has 0 saturated heterocycles. The van der Waals surface area contributed by atoms with Gasteiger partial charge in [-0.25, -0.2) is 0 Å². The summed E-state index contributed by atoms with van der Waals surface area (Å²) < 4.78 is 0. The van der Waals surface area contributed by atoms with Crippen LogP contribution in [-0.2, 0) is 11.2 Å². The molecule has 1 aliphatic carbocycles. The standard InChI is InChI=1S/C14H16Cl3NO/c15-9-14(5-1-2-6-14)18-13(19)8-10-3-4-11(16)12(17)7-10/h3-4,7H,1-2,5-6,8-9H2,(H,18,19). The first-order chi connectivity index (χ1) is 9.04. The zero-order valence-corrected chi connectivity index (χ0v) is 12.8. The number of alkyl halides is 1. The third kappa shape index (κ3) is 3.77. The van der Waals surface area contributed by atoms with E-state index >= 15 is 0 Å². The van der Waals surface area contributed by atoms with Gasteiger partial charge in [0.2, 0.25) is 5.91 Å². The third-order valence-corrected chi connectivity index (χ3v) is 4.82. The van der Waals surface area contributed by atoms with Gasteiger partial charge in [-0.1, -0.05) is 42.1 Å². The Kier molecular flexibility index (Phi) is 4.99. The molecule has 0 bridgehead atoms. The van der Waals surface area contributed by atoms with Gasteiger partial charge in [-0.15, -0.1) is 11.6 Å². The molecule has 0 heterocycles. The lowest BCUT2D eigenvalue weighted by Gasteiger charge is -2.27.